The third kappa shape index (κ3) is 10.2. The smallest absolute Gasteiger partial charge is 0.174 e. The molecule has 4 heteroatoms. The van der Waals surface area contributed by atoms with Crippen LogP contribution in [0.2, 0.25) is 0 Å². The van der Waals surface area contributed by atoms with Crippen molar-refractivity contribution in [3.8, 4) is 0 Å². The van der Waals surface area contributed by atoms with Crippen LogP contribution in [-0.4, -0.2) is 38.0 Å². The Morgan fingerprint density at radius 3 is 0.924 bits per heavy atom. The summed E-state index contributed by atoms with van der Waals surface area (Å²) in [5.41, 5.74) is 1.74. The van der Waals surface area contributed by atoms with E-state index in [2.05, 4.69) is 0 Å². The second-order valence-electron chi connectivity index (χ2n) is 25.1. The largest absolute Gasteiger partial charge is 0.349 e. The molecule has 0 radical (unpaired) electrons. The highest BCUT2D eigenvalue weighted by molar-refractivity contribution is 5.08. The van der Waals surface area contributed by atoms with Gasteiger partial charge >= 0.3 is 0 Å². The van der Waals surface area contributed by atoms with Crippen molar-refractivity contribution in [3.63, 3.8) is 0 Å². The minimum atomic E-state index is -0.119. The van der Waals surface area contributed by atoms with Crippen LogP contribution in [0.3, 0.4) is 0 Å². The molecule has 0 aromatic carbocycles. The first kappa shape index (κ1) is 52.2. The molecule has 18 rings (SSSR count). The Labute approximate surface area is 409 Å². The van der Waals surface area contributed by atoms with Gasteiger partial charge in [0, 0.05) is 23.7 Å². The van der Waals surface area contributed by atoms with Gasteiger partial charge in [0.05, 0.1) is 26.4 Å². The Hall–Kier alpha value is -0.160. The Morgan fingerprint density at radius 2 is 0.591 bits per heavy atom. The fourth-order valence-electron chi connectivity index (χ4n) is 20.6. The monoisotopic (exact) mass is 919 g/mol. The van der Waals surface area contributed by atoms with E-state index in [0.29, 0.717) is 0 Å². The number of ether oxygens (including phenoxy) is 4. The van der Waals surface area contributed by atoms with Crippen molar-refractivity contribution in [1.82, 2.24) is 0 Å². The van der Waals surface area contributed by atoms with Crippen LogP contribution >= 0.6 is 0 Å². The third-order valence-corrected chi connectivity index (χ3v) is 22.2. The van der Waals surface area contributed by atoms with Crippen LogP contribution in [0.25, 0.3) is 0 Å². The second kappa shape index (κ2) is 23.6. The lowest BCUT2D eigenvalue weighted by Gasteiger charge is -2.62. The summed E-state index contributed by atoms with van der Waals surface area (Å²) < 4.78 is 24.2. The highest BCUT2D eigenvalue weighted by atomic mass is 16.7. The van der Waals surface area contributed by atoms with Crippen LogP contribution in [0.4, 0.5) is 0 Å². The molecule has 18 fully saturated rings. The number of hydrogen-bond acceptors (Lipinski definition) is 4. The summed E-state index contributed by atoms with van der Waals surface area (Å²) >= 11 is 0. The lowest BCUT2D eigenvalue weighted by Crippen LogP contribution is -2.61. The van der Waals surface area contributed by atoms with Crippen LogP contribution in [0.15, 0.2) is 0 Å². The van der Waals surface area contributed by atoms with E-state index in [-0.39, 0.29) is 11.6 Å². The molecule has 0 N–H and O–H groups in total. The molecular formula is C62H110O4. The van der Waals surface area contributed by atoms with E-state index in [0.717, 1.165) is 115 Å². The minimum Gasteiger partial charge on any atom is -0.349 e. The molecule has 4 spiro atoms. The Kier molecular flexibility index (Phi) is 18.6. The van der Waals surface area contributed by atoms with E-state index in [1.54, 1.807) is 109 Å². The Bertz CT molecular complexity index is 1320. The lowest BCUT2D eigenvalue weighted by molar-refractivity contribution is -0.358. The van der Waals surface area contributed by atoms with E-state index in [9.17, 15) is 0 Å². The first-order valence-electron chi connectivity index (χ1n) is 31.0. The van der Waals surface area contributed by atoms with Gasteiger partial charge in [-0.15, -0.1) is 0 Å². The predicted molar refractivity (Wildman–Crippen MR) is 276 cm³/mol. The SMILES string of the molecule is C1CCCC2(CC1)C1CC3CC(C1)CC2C3.C1CCCC2(CC1)CC1CCC2C1.C1COC2(O1)C1CC3CC(C1)CC2C3.C1COC2(OC1)C1CC3CC(C1)CC2C3.CC.CC.CC.CC. The number of rotatable bonds is 0. The normalized spacial score (nSPS) is 43.6. The molecular weight excluding hydrogens is 809 g/mol. The standard InChI is InChI=1S/C16H26.C13H20O2.C13H22.C12H18O2.4C2H6/c1-2-4-6-16(5-3-1)14-8-12-7-13(10-14)11-15(16)9-12;1-2-14-13(15-3-1)11-5-9-4-10(7-11)8-12(13)6-9;1-2-4-8-13(7-3-1)10-11-5-6-12(13)9-11;1-2-14-12(13-1)10-4-8-3-9(6-10)7-11(12)5-8;4*1-2/h12-15H,1-11H2;9-12H,1-8H2;11-12H,1-10H2;8-11H,1-7H2;4*1-2H3. The molecule has 16 saturated carbocycles. The van der Waals surface area contributed by atoms with Crippen molar-refractivity contribution in [2.45, 2.75) is 272 Å². The van der Waals surface area contributed by atoms with E-state index >= 15 is 0 Å². The first-order chi connectivity index (χ1) is 32.5. The summed E-state index contributed by atoms with van der Waals surface area (Å²) in [4.78, 5) is 0. The Morgan fingerprint density at radius 1 is 0.273 bits per heavy atom. The summed E-state index contributed by atoms with van der Waals surface area (Å²) in [6.07, 6.45) is 48.4. The van der Waals surface area contributed by atoms with Crippen LogP contribution in [0.5, 0.6) is 0 Å². The predicted octanol–water partition coefficient (Wildman–Crippen LogP) is 17.8. The van der Waals surface area contributed by atoms with Crippen molar-refractivity contribution < 1.29 is 18.9 Å². The van der Waals surface area contributed by atoms with E-state index < -0.39 is 0 Å². The zero-order valence-electron chi connectivity index (χ0n) is 45.2. The molecule has 0 amide bonds. The summed E-state index contributed by atoms with van der Waals surface area (Å²) in [5, 5.41) is 0. The van der Waals surface area contributed by atoms with Crippen LogP contribution in [0.1, 0.15) is 261 Å². The van der Waals surface area contributed by atoms with Gasteiger partial charge in [0.2, 0.25) is 0 Å². The van der Waals surface area contributed by atoms with Gasteiger partial charge in [-0.2, -0.15) is 0 Å². The average molecular weight is 920 g/mol. The molecule has 2 atom stereocenters. The summed E-state index contributed by atoms with van der Waals surface area (Å²) in [6, 6.07) is 0. The summed E-state index contributed by atoms with van der Waals surface area (Å²) in [5.74, 6) is 13.7. The van der Waals surface area contributed by atoms with Crippen molar-refractivity contribution in [2.24, 2.45) is 93.7 Å². The van der Waals surface area contributed by atoms with E-state index in [1.165, 1.54) is 102 Å². The highest BCUT2D eigenvalue weighted by Gasteiger charge is 2.62. The van der Waals surface area contributed by atoms with Crippen LogP contribution in [0, 0.1) is 93.7 Å². The minimum absolute atomic E-state index is 0.104. The fraction of sp³-hybridized carbons (Fsp3) is 1.00. The summed E-state index contributed by atoms with van der Waals surface area (Å²) in [7, 11) is 0. The highest BCUT2D eigenvalue weighted by Crippen LogP contribution is 2.67. The maximum absolute atomic E-state index is 6.12. The van der Waals surface area contributed by atoms with Crippen LogP contribution in [-0.2, 0) is 18.9 Å². The first-order valence-corrected chi connectivity index (χ1v) is 31.0. The Balaban J connectivity index is 0.000000114. The molecule has 2 heterocycles. The molecule has 0 aromatic rings. The third-order valence-electron chi connectivity index (χ3n) is 22.2. The van der Waals surface area contributed by atoms with Gasteiger partial charge in [0.25, 0.3) is 0 Å². The lowest BCUT2D eigenvalue weighted by atomic mass is 9.43. The average Bonchev–Trinajstić information content (AvgIpc) is 4.02. The van der Waals surface area contributed by atoms with Gasteiger partial charge in [-0.1, -0.05) is 113 Å². The zero-order chi connectivity index (χ0) is 46.4. The van der Waals surface area contributed by atoms with Gasteiger partial charge in [0.15, 0.2) is 11.6 Å². The molecule has 2 aliphatic heterocycles. The van der Waals surface area contributed by atoms with Crippen molar-refractivity contribution in [1.29, 1.82) is 0 Å². The second-order valence-corrected chi connectivity index (χ2v) is 25.1. The van der Waals surface area contributed by atoms with E-state index in [1.807, 2.05) is 55.4 Å². The van der Waals surface area contributed by atoms with Crippen molar-refractivity contribution in [3.05, 3.63) is 0 Å². The molecule has 18 aliphatic rings. The maximum atomic E-state index is 6.12. The fourth-order valence-corrected chi connectivity index (χ4v) is 20.6. The topological polar surface area (TPSA) is 36.9 Å². The molecule has 66 heavy (non-hydrogen) atoms. The molecule has 4 nitrogen and oxygen atoms in total. The number of hydrogen-bond donors (Lipinski definition) is 0. The molecule has 16 aliphatic carbocycles. The van der Waals surface area contributed by atoms with Gasteiger partial charge in [-0.25, -0.2) is 0 Å². The van der Waals surface area contributed by atoms with Gasteiger partial charge in [-0.05, 0) is 218 Å². The molecule has 382 valence electrons. The zero-order valence-corrected chi connectivity index (χ0v) is 45.2. The molecule has 14 bridgehead atoms. The summed E-state index contributed by atoms with van der Waals surface area (Å²) in [6.45, 7) is 19.5. The van der Waals surface area contributed by atoms with E-state index in [4.69, 9.17) is 18.9 Å². The van der Waals surface area contributed by atoms with Crippen molar-refractivity contribution >= 4 is 0 Å². The van der Waals surface area contributed by atoms with Gasteiger partial charge < -0.3 is 18.9 Å². The molecule has 0 aromatic heterocycles. The quantitative estimate of drug-likeness (QED) is 0.243. The van der Waals surface area contributed by atoms with Gasteiger partial charge in [-0.3, -0.25) is 0 Å². The number of fused-ring (bicyclic) bond motifs is 3. The molecule has 2 saturated heterocycles. The van der Waals surface area contributed by atoms with Crippen molar-refractivity contribution in [2.75, 3.05) is 26.4 Å². The van der Waals surface area contributed by atoms with Crippen LogP contribution < -0.4 is 0 Å². The molecule has 2 unspecified atom stereocenters. The van der Waals surface area contributed by atoms with Gasteiger partial charge in [0.1, 0.15) is 0 Å². The maximum Gasteiger partial charge on any atom is 0.174 e.